The van der Waals surface area contributed by atoms with Gasteiger partial charge in [-0.2, -0.15) is 0 Å². The highest BCUT2D eigenvalue weighted by Crippen LogP contribution is 2.25. The highest BCUT2D eigenvalue weighted by molar-refractivity contribution is 6.08. The number of urea groups is 1. The molecule has 0 spiro atoms. The van der Waals surface area contributed by atoms with E-state index in [9.17, 15) is 14.4 Å². The van der Waals surface area contributed by atoms with E-state index < -0.39 is 11.6 Å². The number of hydrogen-bond donors (Lipinski definition) is 2. The Morgan fingerprint density at radius 1 is 1.19 bits per heavy atom. The lowest BCUT2D eigenvalue weighted by atomic mass is 9.86. The summed E-state index contributed by atoms with van der Waals surface area (Å²) in [6.45, 7) is 5.90. The van der Waals surface area contributed by atoms with E-state index in [1.807, 2.05) is 0 Å². The van der Waals surface area contributed by atoms with Gasteiger partial charge in [-0.05, 0) is 32.1 Å². The zero-order valence-corrected chi connectivity index (χ0v) is 16.6. The van der Waals surface area contributed by atoms with Gasteiger partial charge in [-0.3, -0.25) is 14.5 Å². The molecule has 0 aromatic rings. The first-order chi connectivity index (χ1) is 12.4. The Balaban J connectivity index is 1.84. The van der Waals surface area contributed by atoms with Crippen LogP contribution in [0.2, 0.25) is 0 Å². The van der Waals surface area contributed by atoms with E-state index in [0.717, 1.165) is 43.4 Å². The number of carbonyl (C=O) groups excluding carboxylic acids is 3. The zero-order valence-electron chi connectivity index (χ0n) is 16.6. The zero-order chi connectivity index (χ0) is 19.2. The lowest BCUT2D eigenvalue weighted by molar-refractivity contribution is -0.135. The lowest BCUT2D eigenvalue weighted by Crippen LogP contribution is -2.48. The largest absolute Gasteiger partial charge is 0.352 e. The molecule has 1 heterocycles. The summed E-state index contributed by atoms with van der Waals surface area (Å²) in [5.74, 6) is -0.0616. The summed E-state index contributed by atoms with van der Waals surface area (Å²) >= 11 is 0. The van der Waals surface area contributed by atoms with Crippen LogP contribution in [-0.2, 0) is 9.59 Å². The molecule has 2 fully saturated rings. The molecule has 3 atom stereocenters. The number of nitrogens with zero attached hydrogens (tertiary/aromatic N) is 1. The van der Waals surface area contributed by atoms with Crippen LogP contribution in [0.3, 0.4) is 0 Å². The van der Waals surface area contributed by atoms with Crippen molar-refractivity contribution >= 4 is 17.8 Å². The van der Waals surface area contributed by atoms with Crippen LogP contribution in [0.5, 0.6) is 0 Å². The first-order valence-corrected chi connectivity index (χ1v) is 10.3. The van der Waals surface area contributed by atoms with Gasteiger partial charge < -0.3 is 10.6 Å². The minimum Gasteiger partial charge on any atom is -0.352 e. The van der Waals surface area contributed by atoms with Crippen LogP contribution in [0.4, 0.5) is 4.79 Å². The van der Waals surface area contributed by atoms with Crippen molar-refractivity contribution in [2.24, 2.45) is 5.92 Å². The molecule has 1 aliphatic heterocycles. The molecule has 0 radical (unpaired) electrons. The van der Waals surface area contributed by atoms with E-state index >= 15 is 0 Å². The monoisotopic (exact) mass is 365 g/mol. The summed E-state index contributed by atoms with van der Waals surface area (Å²) in [4.78, 5) is 38.4. The fourth-order valence-electron chi connectivity index (χ4n) is 4.07. The molecular weight excluding hydrogens is 330 g/mol. The van der Waals surface area contributed by atoms with E-state index in [-0.39, 0.29) is 24.4 Å². The topological polar surface area (TPSA) is 78.5 Å². The number of amides is 4. The number of carbonyl (C=O) groups is 3. The molecule has 2 aliphatic rings. The van der Waals surface area contributed by atoms with Gasteiger partial charge in [-0.25, -0.2) is 4.79 Å². The van der Waals surface area contributed by atoms with Gasteiger partial charge in [-0.15, -0.1) is 0 Å². The Bertz CT molecular complexity index is 522. The van der Waals surface area contributed by atoms with Gasteiger partial charge in [0.1, 0.15) is 12.1 Å². The summed E-state index contributed by atoms with van der Waals surface area (Å²) in [6, 6.07) is -0.292. The van der Waals surface area contributed by atoms with E-state index in [1.54, 1.807) is 6.92 Å². The molecule has 1 aliphatic carbocycles. The first kappa shape index (κ1) is 20.7. The number of rotatable bonds is 9. The van der Waals surface area contributed by atoms with Crippen molar-refractivity contribution in [2.75, 3.05) is 6.54 Å². The Hall–Kier alpha value is -1.59. The van der Waals surface area contributed by atoms with Gasteiger partial charge in [0.15, 0.2) is 0 Å². The minimum absolute atomic E-state index is 0.155. The molecule has 2 rings (SSSR count). The molecule has 2 N–H and O–H groups in total. The highest BCUT2D eigenvalue weighted by Gasteiger charge is 2.47. The van der Waals surface area contributed by atoms with Crippen LogP contribution in [-0.4, -0.2) is 40.9 Å². The average Bonchev–Trinajstić information content (AvgIpc) is 2.80. The van der Waals surface area contributed by atoms with Gasteiger partial charge >= 0.3 is 6.03 Å². The van der Waals surface area contributed by atoms with E-state index in [4.69, 9.17) is 0 Å². The smallest absolute Gasteiger partial charge is 0.325 e. The van der Waals surface area contributed by atoms with Gasteiger partial charge in [-0.1, -0.05) is 58.8 Å². The fraction of sp³-hybridized carbons (Fsp3) is 0.850. The molecule has 0 bridgehead atoms. The van der Waals surface area contributed by atoms with Crippen LogP contribution in [0.1, 0.15) is 85.0 Å². The van der Waals surface area contributed by atoms with Crippen molar-refractivity contribution < 1.29 is 14.4 Å². The summed E-state index contributed by atoms with van der Waals surface area (Å²) in [5, 5.41) is 5.81. The fourth-order valence-corrected chi connectivity index (χ4v) is 4.07. The molecule has 4 amide bonds. The molecule has 1 saturated heterocycles. The maximum Gasteiger partial charge on any atom is 0.325 e. The molecule has 26 heavy (non-hydrogen) atoms. The second-order valence-corrected chi connectivity index (χ2v) is 8.25. The molecule has 148 valence electrons. The molecule has 0 aromatic heterocycles. The predicted molar refractivity (Wildman–Crippen MR) is 102 cm³/mol. The van der Waals surface area contributed by atoms with Crippen molar-refractivity contribution in [3.05, 3.63) is 0 Å². The van der Waals surface area contributed by atoms with E-state index in [0.29, 0.717) is 12.3 Å². The Morgan fingerprint density at radius 3 is 2.58 bits per heavy atom. The van der Waals surface area contributed by atoms with Crippen LogP contribution in [0, 0.1) is 5.92 Å². The summed E-state index contributed by atoms with van der Waals surface area (Å²) in [5.41, 5.74) is -0.873. The molecule has 0 aromatic carbocycles. The standard InChI is InChI=1S/C20H35N3O3/c1-4-5-6-7-10-13-20(3)18(25)23(19(26)22-20)14-17(24)21-16-12-9-8-11-15(16)2/h15-16H,4-14H2,1-3H3,(H,21,24)(H,22,26). The van der Waals surface area contributed by atoms with Crippen molar-refractivity contribution in [2.45, 2.75) is 96.6 Å². The maximum absolute atomic E-state index is 12.7. The van der Waals surface area contributed by atoms with Crippen molar-refractivity contribution in [1.82, 2.24) is 15.5 Å². The van der Waals surface area contributed by atoms with E-state index in [1.165, 1.54) is 19.3 Å². The Kier molecular flexibility index (Phi) is 7.47. The van der Waals surface area contributed by atoms with Gasteiger partial charge in [0, 0.05) is 6.04 Å². The number of nitrogens with one attached hydrogen (secondary N) is 2. The summed E-state index contributed by atoms with van der Waals surface area (Å²) in [7, 11) is 0. The van der Waals surface area contributed by atoms with Crippen molar-refractivity contribution in [1.29, 1.82) is 0 Å². The second kappa shape index (κ2) is 9.38. The summed E-state index contributed by atoms with van der Waals surface area (Å²) in [6.07, 6.45) is 10.5. The predicted octanol–water partition coefficient (Wildman–Crippen LogP) is 3.35. The molecule has 6 nitrogen and oxygen atoms in total. The van der Waals surface area contributed by atoms with Gasteiger partial charge in [0.2, 0.25) is 5.91 Å². The van der Waals surface area contributed by atoms with Crippen molar-refractivity contribution in [3.63, 3.8) is 0 Å². The van der Waals surface area contributed by atoms with Crippen LogP contribution in [0.15, 0.2) is 0 Å². The highest BCUT2D eigenvalue weighted by atomic mass is 16.2. The third kappa shape index (κ3) is 5.21. The number of hydrogen-bond acceptors (Lipinski definition) is 3. The first-order valence-electron chi connectivity index (χ1n) is 10.3. The molecular formula is C20H35N3O3. The molecule has 1 saturated carbocycles. The summed E-state index contributed by atoms with van der Waals surface area (Å²) < 4.78 is 0. The van der Waals surface area contributed by atoms with Crippen molar-refractivity contribution in [3.8, 4) is 0 Å². The van der Waals surface area contributed by atoms with E-state index in [2.05, 4.69) is 24.5 Å². The average molecular weight is 366 g/mol. The van der Waals surface area contributed by atoms with Gasteiger partial charge in [0.05, 0.1) is 0 Å². The Morgan fingerprint density at radius 2 is 1.88 bits per heavy atom. The molecule has 6 heteroatoms. The lowest BCUT2D eigenvalue weighted by Gasteiger charge is -2.30. The second-order valence-electron chi connectivity index (χ2n) is 8.25. The Labute approximate surface area is 157 Å². The third-order valence-corrected chi connectivity index (χ3v) is 5.89. The normalized spacial score (nSPS) is 29.0. The minimum atomic E-state index is -0.873. The van der Waals surface area contributed by atoms with Gasteiger partial charge in [0.25, 0.3) is 5.91 Å². The molecule has 3 unspecified atom stereocenters. The maximum atomic E-state index is 12.7. The van der Waals surface area contributed by atoms with Crippen LogP contribution in [0.25, 0.3) is 0 Å². The SMILES string of the molecule is CCCCCCCC1(C)NC(=O)N(CC(=O)NC2CCCCC2C)C1=O. The quantitative estimate of drug-likeness (QED) is 0.486. The van der Waals surface area contributed by atoms with Crippen LogP contribution >= 0.6 is 0 Å². The third-order valence-electron chi connectivity index (χ3n) is 5.89. The number of unbranched alkanes of at least 4 members (excludes halogenated alkanes) is 4. The van der Waals surface area contributed by atoms with Crippen LogP contribution < -0.4 is 10.6 Å². The number of imide groups is 1.